The van der Waals surface area contributed by atoms with Crippen LogP contribution in [0.3, 0.4) is 0 Å². The molecule has 0 aromatic heterocycles. The molecule has 2 unspecified atom stereocenters. The fraction of sp³-hybridized carbons (Fsp3) is 0.920. The van der Waals surface area contributed by atoms with Crippen LogP contribution in [0.25, 0.3) is 0 Å². The number of carbonyl (C=O) groups is 2. The topological polar surface area (TPSA) is 37.4 Å². The quantitative estimate of drug-likeness (QED) is 0.219. The third kappa shape index (κ3) is 7.87. The standard InChI is InChI=1S/C25H47NO2/c1-7-9-11-13-15-17-21(16-14-12-10-8-2)22-18-23(27)26(24(22)28)25(5,6)19-20(3)4/h20-22H,7-19H2,1-6H3. The first kappa shape index (κ1) is 25.2. The maximum Gasteiger partial charge on any atom is 0.233 e. The van der Waals surface area contributed by atoms with Crippen molar-refractivity contribution in [3.8, 4) is 0 Å². The minimum absolute atomic E-state index is 0.0604. The van der Waals surface area contributed by atoms with E-state index in [2.05, 4.69) is 41.5 Å². The number of hydrogen-bond donors (Lipinski definition) is 0. The molecule has 3 nitrogen and oxygen atoms in total. The van der Waals surface area contributed by atoms with Gasteiger partial charge in [-0.1, -0.05) is 85.5 Å². The average Bonchev–Trinajstić information content (AvgIpc) is 2.90. The molecule has 1 fully saturated rings. The highest BCUT2D eigenvalue weighted by Gasteiger charge is 2.48. The lowest BCUT2D eigenvalue weighted by Crippen LogP contribution is -2.49. The molecular formula is C25H47NO2. The van der Waals surface area contributed by atoms with Crippen LogP contribution in [0.2, 0.25) is 0 Å². The van der Waals surface area contributed by atoms with E-state index in [4.69, 9.17) is 0 Å². The van der Waals surface area contributed by atoms with E-state index < -0.39 is 0 Å². The number of unbranched alkanes of at least 4 members (excludes halogenated alkanes) is 7. The summed E-state index contributed by atoms with van der Waals surface area (Å²) in [5.74, 6) is 0.953. The van der Waals surface area contributed by atoms with Gasteiger partial charge in [-0.3, -0.25) is 14.5 Å². The Hall–Kier alpha value is -0.860. The van der Waals surface area contributed by atoms with Gasteiger partial charge in [0.25, 0.3) is 0 Å². The summed E-state index contributed by atoms with van der Waals surface area (Å²) in [6.07, 6.45) is 14.8. The third-order valence-electron chi connectivity index (χ3n) is 6.37. The molecule has 0 aliphatic carbocycles. The first-order chi connectivity index (χ1) is 13.2. The molecule has 2 atom stereocenters. The normalized spacial score (nSPS) is 19.1. The molecule has 1 saturated heterocycles. The van der Waals surface area contributed by atoms with Crippen LogP contribution in [0, 0.1) is 17.8 Å². The lowest BCUT2D eigenvalue weighted by atomic mass is 9.82. The molecule has 1 aliphatic heterocycles. The lowest BCUT2D eigenvalue weighted by Gasteiger charge is -2.36. The van der Waals surface area contributed by atoms with E-state index in [9.17, 15) is 9.59 Å². The van der Waals surface area contributed by atoms with Crippen LogP contribution in [-0.4, -0.2) is 22.3 Å². The summed E-state index contributed by atoms with van der Waals surface area (Å²) in [5, 5.41) is 0. The van der Waals surface area contributed by atoms with Crippen molar-refractivity contribution in [2.24, 2.45) is 17.8 Å². The SMILES string of the molecule is CCCCCCCC(CCCCCC)C1CC(=O)N(C(C)(C)CC(C)C)C1=O. The predicted octanol–water partition coefficient (Wildman–Crippen LogP) is 7.13. The minimum Gasteiger partial charge on any atom is -0.277 e. The van der Waals surface area contributed by atoms with E-state index in [1.54, 1.807) is 4.90 Å². The Bertz CT molecular complexity index is 469. The van der Waals surface area contributed by atoms with Crippen molar-refractivity contribution in [3.05, 3.63) is 0 Å². The Morgan fingerprint density at radius 2 is 1.39 bits per heavy atom. The van der Waals surface area contributed by atoms with E-state index in [0.717, 1.165) is 19.3 Å². The van der Waals surface area contributed by atoms with Crippen LogP contribution in [0.4, 0.5) is 0 Å². The van der Waals surface area contributed by atoms with Gasteiger partial charge in [-0.2, -0.15) is 0 Å². The smallest absolute Gasteiger partial charge is 0.233 e. The first-order valence-corrected chi connectivity index (χ1v) is 12.1. The van der Waals surface area contributed by atoms with Gasteiger partial charge in [0.1, 0.15) is 0 Å². The summed E-state index contributed by atoms with van der Waals surface area (Å²) in [6.45, 7) is 12.9. The summed E-state index contributed by atoms with van der Waals surface area (Å²) in [6, 6.07) is 0. The van der Waals surface area contributed by atoms with Crippen molar-refractivity contribution < 1.29 is 9.59 Å². The van der Waals surface area contributed by atoms with Gasteiger partial charge in [-0.15, -0.1) is 0 Å². The molecule has 2 amide bonds. The highest BCUT2D eigenvalue weighted by atomic mass is 16.2. The van der Waals surface area contributed by atoms with Gasteiger partial charge in [-0.05, 0) is 44.9 Å². The zero-order valence-corrected chi connectivity index (χ0v) is 19.7. The van der Waals surface area contributed by atoms with Crippen molar-refractivity contribution in [1.82, 2.24) is 4.90 Å². The van der Waals surface area contributed by atoms with Gasteiger partial charge < -0.3 is 0 Å². The van der Waals surface area contributed by atoms with Crippen LogP contribution in [-0.2, 0) is 9.59 Å². The second-order valence-corrected chi connectivity index (χ2v) is 10.1. The Morgan fingerprint density at radius 1 is 0.893 bits per heavy atom. The highest BCUT2D eigenvalue weighted by molar-refractivity contribution is 6.04. The molecule has 164 valence electrons. The molecule has 0 aromatic rings. The van der Waals surface area contributed by atoms with Crippen molar-refractivity contribution in [1.29, 1.82) is 0 Å². The van der Waals surface area contributed by atoms with E-state index in [0.29, 0.717) is 18.3 Å². The van der Waals surface area contributed by atoms with Gasteiger partial charge >= 0.3 is 0 Å². The minimum atomic E-state index is -0.370. The molecule has 1 heterocycles. The van der Waals surface area contributed by atoms with Crippen LogP contribution < -0.4 is 0 Å². The number of carbonyl (C=O) groups excluding carboxylic acids is 2. The molecule has 0 aromatic carbocycles. The molecular weight excluding hydrogens is 346 g/mol. The largest absolute Gasteiger partial charge is 0.277 e. The van der Waals surface area contributed by atoms with Crippen molar-refractivity contribution in [2.75, 3.05) is 0 Å². The number of nitrogens with zero attached hydrogens (tertiary/aromatic N) is 1. The maximum absolute atomic E-state index is 13.3. The molecule has 1 rings (SSSR count). The van der Waals surface area contributed by atoms with Crippen molar-refractivity contribution >= 4 is 11.8 Å². The summed E-state index contributed by atoms with van der Waals surface area (Å²) >= 11 is 0. The molecule has 28 heavy (non-hydrogen) atoms. The third-order valence-corrected chi connectivity index (χ3v) is 6.37. The van der Waals surface area contributed by atoms with Gasteiger partial charge in [0, 0.05) is 12.0 Å². The monoisotopic (exact) mass is 393 g/mol. The number of hydrogen-bond acceptors (Lipinski definition) is 2. The van der Waals surface area contributed by atoms with E-state index in [1.165, 1.54) is 57.8 Å². The summed E-state index contributed by atoms with van der Waals surface area (Å²) in [5.41, 5.74) is -0.370. The lowest BCUT2D eigenvalue weighted by molar-refractivity contribution is -0.146. The summed E-state index contributed by atoms with van der Waals surface area (Å²) in [4.78, 5) is 27.8. The average molecular weight is 394 g/mol. The Balaban J connectivity index is 2.78. The van der Waals surface area contributed by atoms with Gasteiger partial charge in [-0.25, -0.2) is 0 Å². The zero-order valence-electron chi connectivity index (χ0n) is 19.7. The van der Waals surface area contributed by atoms with Crippen LogP contribution in [0.15, 0.2) is 0 Å². The Kier molecular flexibility index (Phi) is 11.4. The number of imide groups is 1. The van der Waals surface area contributed by atoms with Crippen molar-refractivity contribution in [3.63, 3.8) is 0 Å². The van der Waals surface area contributed by atoms with E-state index in [-0.39, 0.29) is 23.3 Å². The number of amides is 2. The maximum atomic E-state index is 13.3. The molecule has 0 bridgehead atoms. The first-order valence-electron chi connectivity index (χ1n) is 12.1. The summed E-state index contributed by atoms with van der Waals surface area (Å²) in [7, 11) is 0. The molecule has 3 heteroatoms. The molecule has 1 aliphatic rings. The second kappa shape index (κ2) is 12.6. The van der Waals surface area contributed by atoms with Gasteiger partial charge in [0.05, 0.1) is 5.92 Å². The predicted molar refractivity (Wildman–Crippen MR) is 119 cm³/mol. The number of rotatable bonds is 15. The fourth-order valence-electron chi connectivity index (χ4n) is 5.14. The van der Waals surface area contributed by atoms with Crippen molar-refractivity contribution in [2.45, 2.75) is 131 Å². The molecule has 0 spiro atoms. The molecule has 0 saturated carbocycles. The Morgan fingerprint density at radius 3 is 1.89 bits per heavy atom. The number of likely N-dealkylation sites (tertiary alicyclic amines) is 1. The Labute approximate surface area is 175 Å². The van der Waals surface area contributed by atoms with E-state index >= 15 is 0 Å². The van der Waals surface area contributed by atoms with E-state index in [1.807, 2.05) is 0 Å². The zero-order chi connectivity index (χ0) is 21.2. The second-order valence-electron chi connectivity index (χ2n) is 10.1. The molecule has 0 radical (unpaired) electrons. The van der Waals surface area contributed by atoms with Crippen LogP contribution >= 0.6 is 0 Å². The highest BCUT2D eigenvalue weighted by Crippen LogP contribution is 2.38. The van der Waals surface area contributed by atoms with Crippen LogP contribution in [0.1, 0.15) is 125 Å². The fourth-order valence-corrected chi connectivity index (χ4v) is 5.14. The molecule has 0 N–H and O–H groups in total. The van der Waals surface area contributed by atoms with Gasteiger partial charge in [0.15, 0.2) is 0 Å². The summed E-state index contributed by atoms with van der Waals surface area (Å²) < 4.78 is 0. The van der Waals surface area contributed by atoms with Crippen LogP contribution in [0.5, 0.6) is 0 Å². The van der Waals surface area contributed by atoms with Gasteiger partial charge in [0.2, 0.25) is 11.8 Å².